The van der Waals surface area contributed by atoms with Crippen LogP contribution in [-0.4, -0.2) is 28.3 Å². The molecule has 8 nitrogen and oxygen atoms in total. The second kappa shape index (κ2) is 9.47. The molecule has 28 heavy (non-hydrogen) atoms. The van der Waals surface area contributed by atoms with E-state index in [-0.39, 0.29) is 18.1 Å². The predicted octanol–water partition coefficient (Wildman–Crippen LogP) is 2.78. The third-order valence-corrected chi connectivity index (χ3v) is 5.74. The van der Waals surface area contributed by atoms with Crippen molar-refractivity contribution in [2.24, 2.45) is 5.92 Å². The number of nitrogens with zero attached hydrogens (tertiary/aromatic N) is 1. The molecular formula is C19H26N3O5P. The molecule has 0 unspecified atom stereocenters. The van der Waals surface area contributed by atoms with E-state index in [0.717, 1.165) is 12.2 Å². The molecular weight excluding hydrogens is 381 g/mol. The van der Waals surface area contributed by atoms with Crippen molar-refractivity contribution in [3.8, 4) is 5.75 Å². The monoisotopic (exact) mass is 407 g/mol. The molecule has 0 radical (unpaired) electrons. The number of nitrogens with one attached hydrogen (secondary N) is 2. The zero-order chi connectivity index (χ0) is 20.1. The zero-order valence-electron chi connectivity index (χ0n) is 16.2. The minimum Gasteiger partial charge on any atom is -0.436 e. The van der Waals surface area contributed by atoms with Crippen LogP contribution in [0.5, 0.6) is 5.75 Å². The first kappa shape index (κ1) is 20.7. The maximum Gasteiger partial charge on any atom is 0.330 e. The van der Waals surface area contributed by atoms with Gasteiger partial charge in [0.2, 0.25) is 0 Å². The topological polar surface area (TPSA) is 94.6 Å². The molecule has 0 bridgehead atoms. The third kappa shape index (κ3) is 5.52. The molecule has 1 fully saturated rings. The lowest BCUT2D eigenvalue weighted by atomic mass is 10.1. The van der Waals surface area contributed by atoms with Gasteiger partial charge in [0, 0.05) is 24.2 Å². The van der Waals surface area contributed by atoms with Gasteiger partial charge in [-0.2, -0.15) is 0 Å². The van der Waals surface area contributed by atoms with Crippen molar-refractivity contribution in [2.45, 2.75) is 45.6 Å². The van der Waals surface area contributed by atoms with Gasteiger partial charge in [0.1, 0.15) is 12.0 Å². The molecule has 1 aliphatic rings. The van der Waals surface area contributed by atoms with Crippen LogP contribution in [0.25, 0.3) is 0 Å². The molecule has 0 amide bonds. The quantitative estimate of drug-likeness (QED) is 0.654. The van der Waals surface area contributed by atoms with Crippen LogP contribution in [0.15, 0.2) is 52.2 Å². The summed E-state index contributed by atoms with van der Waals surface area (Å²) in [5.41, 5.74) is -0.891. The maximum atomic E-state index is 12.0. The van der Waals surface area contributed by atoms with Crippen LogP contribution < -0.4 is 20.9 Å². The summed E-state index contributed by atoms with van der Waals surface area (Å²) in [5, 5.41) is 3.29. The first-order chi connectivity index (χ1) is 13.4. The minimum absolute atomic E-state index is 0.108. The highest BCUT2D eigenvalue weighted by Gasteiger charge is 2.35. The Bertz CT molecular complexity index is 870. The highest BCUT2D eigenvalue weighted by molar-refractivity contribution is 7.45. The number of para-hydroxylation sites is 1. The lowest BCUT2D eigenvalue weighted by Gasteiger charge is -2.22. The summed E-state index contributed by atoms with van der Waals surface area (Å²) in [7, 11) is -1.33. The molecule has 1 aliphatic heterocycles. The zero-order valence-corrected chi connectivity index (χ0v) is 17.1. The van der Waals surface area contributed by atoms with Crippen LogP contribution >= 0.6 is 8.53 Å². The number of ether oxygens (including phenoxy) is 1. The van der Waals surface area contributed by atoms with E-state index in [1.54, 1.807) is 0 Å². The predicted molar refractivity (Wildman–Crippen MR) is 107 cm³/mol. The Kier molecular flexibility index (Phi) is 7.02. The molecule has 0 spiro atoms. The smallest absolute Gasteiger partial charge is 0.330 e. The van der Waals surface area contributed by atoms with E-state index in [0.29, 0.717) is 6.61 Å². The number of H-pyrrole nitrogens is 1. The Labute approximate surface area is 164 Å². The molecule has 4 atom stereocenters. The Morgan fingerprint density at radius 1 is 1.29 bits per heavy atom. The SMILES string of the molecule is CC(C)N[P@@](OC[C@@H]1C[C@H](C)[C@H](n2ccc(=O)[nH]c2=O)O1)Oc1ccccc1. The molecule has 3 rings (SSSR count). The van der Waals surface area contributed by atoms with Gasteiger partial charge in [-0.3, -0.25) is 14.3 Å². The normalized spacial score (nSPS) is 23.1. The van der Waals surface area contributed by atoms with Gasteiger partial charge < -0.3 is 13.8 Å². The highest BCUT2D eigenvalue weighted by atomic mass is 31.2. The molecule has 2 heterocycles. The molecule has 152 valence electrons. The lowest BCUT2D eigenvalue weighted by Crippen LogP contribution is -2.33. The molecule has 1 saturated heterocycles. The number of benzene rings is 1. The summed E-state index contributed by atoms with van der Waals surface area (Å²) < 4.78 is 19.4. The Morgan fingerprint density at radius 2 is 2.04 bits per heavy atom. The largest absolute Gasteiger partial charge is 0.436 e. The van der Waals surface area contributed by atoms with Crippen molar-refractivity contribution in [3.63, 3.8) is 0 Å². The van der Waals surface area contributed by atoms with Crippen molar-refractivity contribution >= 4 is 8.53 Å². The maximum absolute atomic E-state index is 12.0. The Hall–Kier alpha value is -1.99. The first-order valence-electron chi connectivity index (χ1n) is 9.31. The van der Waals surface area contributed by atoms with Crippen molar-refractivity contribution in [3.05, 3.63) is 63.4 Å². The summed E-state index contributed by atoms with van der Waals surface area (Å²) >= 11 is 0. The lowest BCUT2D eigenvalue weighted by molar-refractivity contribution is -0.0294. The van der Waals surface area contributed by atoms with Gasteiger partial charge in [-0.1, -0.05) is 25.1 Å². The van der Waals surface area contributed by atoms with Crippen molar-refractivity contribution in [1.82, 2.24) is 14.6 Å². The van der Waals surface area contributed by atoms with Crippen molar-refractivity contribution in [2.75, 3.05) is 6.61 Å². The fourth-order valence-corrected chi connectivity index (χ4v) is 4.24. The summed E-state index contributed by atoms with van der Waals surface area (Å²) in [6, 6.07) is 11.0. The van der Waals surface area contributed by atoms with E-state index in [9.17, 15) is 9.59 Å². The molecule has 2 aromatic rings. The van der Waals surface area contributed by atoms with Gasteiger partial charge in [-0.05, 0) is 32.4 Å². The van der Waals surface area contributed by atoms with Crippen LogP contribution in [0.2, 0.25) is 0 Å². The first-order valence-corrected chi connectivity index (χ1v) is 10.5. The van der Waals surface area contributed by atoms with Gasteiger partial charge in [0.05, 0.1) is 12.7 Å². The van der Waals surface area contributed by atoms with Gasteiger partial charge in [-0.25, -0.2) is 9.88 Å². The van der Waals surface area contributed by atoms with E-state index >= 15 is 0 Å². The van der Waals surface area contributed by atoms with Crippen LogP contribution in [0.3, 0.4) is 0 Å². The molecule has 1 aromatic carbocycles. The van der Waals surface area contributed by atoms with Crippen molar-refractivity contribution < 1.29 is 13.8 Å². The number of hydrogen-bond donors (Lipinski definition) is 2. The number of aromatic amines is 1. The van der Waals surface area contributed by atoms with E-state index in [1.807, 2.05) is 51.1 Å². The molecule has 1 aromatic heterocycles. The molecule has 0 aliphatic carbocycles. The van der Waals surface area contributed by atoms with E-state index in [1.165, 1.54) is 16.8 Å². The minimum atomic E-state index is -1.33. The fourth-order valence-electron chi connectivity index (χ4n) is 3.02. The second-order valence-corrected chi connectivity index (χ2v) is 8.33. The van der Waals surface area contributed by atoms with Crippen molar-refractivity contribution in [1.29, 1.82) is 0 Å². The summed E-state index contributed by atoms with van der Waals surface area (Å²) in [5.74, 6) is 0.844. The number of hydrogen-bond acceptors (Lipinski definition) is 6. The van der Waals surface area contributed by atoms with Crippen LogP contribution in [-0.2, 0) is 9.26 Å². The van der Waals surface area contributed by atoms with Gasteiger partial charge >= 0.3 is 14.2 Å². The fraction of sp³-hybridized carbons (Fsp3) is 0.474. The van der Waals surface area contributed by atoms with Crippen LogP contribution in [0, 0.1) is 5.92 Å². The van der Waals surface area contributed by atoms with E-state index in [4.69, 9.17) is 13.8 Å². The van der Waals surface area contributed by atoms with Crippen LogP contribution in [0.1, 0.15) is 33.4 Å². The van der Waals surface area contributed by atoms with Gasteiger partial charge in [0.25, 0.3) is 5.56 Å². The number of aromatic nitrogens is 2. The average molecular weight is 407 g/mol. The second-order valence-electron chi connectivity index (χ2n) is 7.12. The molecule has 0 saturated carbocycles. The Morgan fingerprint density at radius 3 is 2.71 bits per heavy atom. The van der Waals surface area contributed by atoms with Gasteiger partial charge in [0.15, 0.2) is 0 Å². The third-order valence-electron chi connectivity index (χ3n) is 4.25. The van der Waals surface area contributed by atoms with Gasteiger partial charge in [-0.15, -0.1) is 0 Å². The highest BCUT2D eigenvalue weighted by Crippen LogP contribution is 2.39. The standard InChI is InChI=1S/C19H26N3O5P/c1-13(2)21-28(27-15-7-5-4-6-8-15)25-12-16-11-14(3)18(26-16)22-10-9-17(23)20-19(22)24/h4-10,13-14,16,18,21H,11-12H2,1-3H3,(H,20,23,24)/t14-,16-,18+,28-/m0/s1. The number of rotatable bonds is 8. The average Bonchev–Trinajstić information content (AvgIpc) is 3.01. The van der Waals surface area contributed by atoms with Crippen LogP contribution in [0.4, 0.5) is 0 Å². The summed E-state index contributed by atoms with van der Waals surface area (Å²) in [4.78, 5) is 25.6. The summed E-state index contributed by atoms with van der Waals surface area (Å²) in [6.07, 6.45) is 1.61. The molecule has 9 heteroatoms. The summed E-state index contributed by atoms with van der Waals surface area (Å²) in [6.45, 7) is 6.41. The Balaban J connectivity index is 1.60. The van der Waals surface area contributed by atoms with E-state index < -0.39 is 26.0 Å². The molecule has 2 N–H and O–H groups in total. The van der Waals surface area contributed by atoms with E-state index in [2.05, 4.69) is 10.1 Å².